The summed E-state index contributed by atoms with van der Waals surface area (Å²) in [5.41, 5.74) is 1.30. The Morgan fingerprint density at radius 2 is 1.76 bits per heavy atom. The molecule has 110 valence electrons. The average Bonchev–Trinajstić information content (AvgIpc) is 2.53. The monoisotopic (exact) mass is 362 g/mol. The normalized spacial score (nSPS) is 12.9. The van der Waals surface area contributed by atoms with Crippen LogP contribution in [0.15, 0.2) is 52.4 Å². The number of rotatable bonds is 6. The lowest BCUT2D eigenvalue weighted by Gasteiger charge is -2.31. The Balaban J connectivity index is 1.78. The van der Waals surface area contributed by atoms with Crippen LogP contribution < -0.4 is 4.90 Å². The van der Waals surface area contributed by atoms with Crippen LogP contribution in [0.4, 0.5) is 11.5 Å². The zero-order chi connectivity index (χ0) is 14.5. The van der Waals surface area contributed by atoms with Gasteiger partial charge in [-0.2, -0.15) is 0 Å². The maximum absolute atomic E-state index is 4.61. The van der Waals surface area contributed by atoms with Crippen molar-refractivity contribution >= 4 is 39.2 Å². The van der Waals surface area contributed by atoms with Gasteiger partial charge in [0.1, 0.15) is 5.82 Å². The summed E-state index contributed by atoms with van der Waals surface area (Å²) in [7, 11) is 0. The lowest BCUT2D eigenvalue weighted by Crippen LogP contribution is -2.23. The van der Waals surface area contributed by atoms with Gasteiger partial charge in [-0.25, -0.2) is 4.98 Å². The Kier molecular flexibility index (Phi) is 5.20. The van der Waals surface area contributed by atoms with Crippen molar-refractivity contribution in [1.82, 2.24) is 4.98 Å². The van der Waals surface area contributed by atoms with Crippen molar-refractivity contribution in [2.24, 2.45) is 0 Å². The lowest BCUT2D eigenvalue weighted by molar-refractivity contribution is 0.668. The number of nitrogens with zero attached hydrogens (tertiary/aromatic N) is 2. The summed E-state index contributed by atoms with van der Waals surface area (Å²) in [6, 6.07) is 12.8. The molecule has 0 unspecified atom stereocenters. The van der Waals surface area contributed by atoms with Crippen molar-refractivity contribution in [2.45, 2.75) is 35.5 Å². The van der Waals surface area contributed by atoms with Gasteiger partial charge in [0.25, 0.3) is 0 Å². The topological polar surface area (TPSA) is 16.1 Å². The molecule has 1 aromatic heterocycles. The van der Waals surface area contributed by atoms with Gasteiger partial charge in [0, 0.05) is 23.0 Å². The Hall–Kier alpha value is -1.00. The van der Waals surface area contributed by atoms with Crippen LogP contribution in [-0.4, -0.2) is 16.9 Å². The van der Waals surface area contributed by atoms with Crippen molar-refractivity contribution < 1.29 is 0 Å². The van der Waals surface area contributed by atoms with E-state index >= 15 is 0 Å². The number of benzene rings is 1. The predicted octanol–water partition coefficient (Wildman–Crippen LogP) is 5.64. The predicted molar refractivity (Wildman–Crippen MR) is 94.1 cm³/mol. The van der Waals surface area contributed by atoms with Gasteiger partial charge in [0.05, 0.1) is 10.6 Å². The molecule has 0 saturated heterocycles. The third-order valence-electron chi connectivity index (χ3n) is 3.65. The van der Waals surface area contributed by atoms with Crippen LogP contribution in [0.5, 0.6) is 0 Å². The van der Waals surface area contributed by atoms with Crippen LogP contribution in [0, 0.1) is 0 Å². The highest BCUT2D eigenvalue weighted by Crippen LogP contribution is 2.46. The van der Waals surface area contributed by atoms with Gasteiger partial charge in [0.15, 0.2) is 0 Å². The molecule has 0 radical (unpaired) electrons. The molecule has 1 aliphatic heterocycles. The van der Waals surface area contributed by atoms with Gasteiger partial charge in [-0.3, -0.25) is 0 Å². The van der Waals surface area contributed by atoms with E-state index in [0.717, 1.165) is 17.7 Å². The molecule has 4 heteroatoms. The second kappa shape index (κ2) is 7.32. The fourth-order valence-corrected chi connectivity index (χ4v) is 4.07. The third-order valence-corrected chi connectivity index (χ3v) is 5.31. The molecular formula is C17H19BrN2S. The molecule has 21 heavy (non-hydrogen) atoms. The molecule has 2 aromatic rings. The number of halogens is 1. The summed E-state index contributed by atoms with van der Waals surface area (Å²) in [5.74, 6) is 1.11. The van der Waals surface area contributed by atoms with Crippen molar-refractivity contribution in [1.29, 1.82) is 0 Å². The molecule has 3 rings (SSSR count). The second-order valence-electron chi connectivity index (χ2n) is 5.15. The molecule has 2 heterocycles. The summed E-state index contributed by atoms with van der Waals surface area (Å²) in [6.45, 7) is 1.05. The SMILES string of the molecule is BrCCCCCCN1c2ccccc2Sc2cccnc21. The van der Waals surface area contributed by atoms with Crippen LogP contribution in [0.25, 0.3) is 0 Å². The van der Waals surface area contributed by atoms with Crippen LogP contribution in [-0.2, 0) is 0 Å². The molecule has 0 saturated carbocycles. The van der Waals surface area contributed by atoms with Crippen molar-refractivity contribution in [3.8, 4) is 0 Å². The van der Waals surface area contributed by atoms with E-state index in [2.05, 4.69) is 56.1 Å². The van der Waals surface area contributed by atoms with Gasteiger partial charge in [0.2, 0.25) is 0 Å². The number of fused-ring (bicyclic) bond motifs is 2. The van der Waals surface area contributed by atoms with Crippen LogP contribution in [0.3, 0.4) is 0 Å². The molecule has 1 aliphatic rings. The molecule has 0 amide bonds. The van der Waals surface area contributed by atoms with Gasteiger partial charge in [-0.1, -0.05) is 52.7 Å². The minimum Gasteiger partial charge on any atom is -0.324 e. The maximum Gasteiger partial charge on any atom is 0.147 e. The fraction of sp³-hybridized carbons (Fsp3) is 0.353. The first-order chi connectivity index (χ1) is 10.4. The minimum atomic E-state index is 1.05. The first-order valence-corrected chi connectivity index (χ1v) is 9.39. The Labute approximate surface area is 139 Å². The first-order valence-electron chi connectivity index (χ1n) is 7.45. The van der Waals surface area contributed by atoms with E-state index in [9.17, 15) is 0 Å². The van der Waals surface area contributed by atoms with Gasteiger partial charge >= 0.3 is 0 Å². The molecule has 1 aromatic carbocycles. The summed E-state index contributed by atoms with van der Waals surface area (Å²) >= 11 is 5.32. The molecule has 2 nitrogen and oxygen atoms in total. The van der Waals surface area contributed by atoms with Crippen LogP contribution >= 0.6 is 27.7 Å². The zero-order valence-corrected chi connectivity index (χ0v) is 14.4. The number of anilines is 2. The largest absolute Gasteiger partial charge is 0.324 e. The van der Waals surface area contributed by atoms with E-state index in [1.807, 2.05) is 24.0 Å². The number of unbranched alkanes of at least 4 members (excludes halogenated alkanes) is 3. The molecule has 0 atom stereocenters. The Morgan fingerprint density at radius 3 is 2.67 bits per heavy atom. The number of pyridine rings is 1. The quantitative estimate of drug-likeness (QED) is 0.488. The third kappa shape index (κ3) is 3.43. The zero-order valence-electron chi connectivity index (χ0n) is 12.0. The number of hydrogen-bond acceptors (Lipinski definition) is 3. The first kappa shape index (κ1) is 14.9. The number of hydrogen-bond donors (Lipinski definition) is 0. The number of aromatic nitrogens is 1. The summed E-state index contributed by atoms with van der Waals surface area (Å²) in [4.78, 5) is 9.59. The highest BCUT2D eigenvalue weighted by Gasteiger charge is 2.23. The van der Waals surface area contributed by atoms with E-state index < -0.39 is 0 Å². The smallest absolute Gasteiger partial charge is 0.147 e. The van der Waals surface area contributed by atoms with Gasteiger partial charge in [-0.15, -0.1) is 0 Å². The van der Waals surface area contributed by atoms with E-state index in [1.165, 1.54) is 41.2 Å². The summed E-state index contributed by atoms with van der Waals surface area (Å²) in [5, 5.41) is 1.11. The maximum atomic E-state index is 4.61. The van der Waals surface area contributed by atoms with Crippen molar-refractivity contribution in [3.63, 3.8) is 0 Å². The Bertz CT molecular complexity index is 557. The van der Waals surface area contributed by atoms with Gasteiger partial charge < -0.3 is 4.90 Å². The minimum absolute atomic E-state index is 1.05. The second-order valence-corrected chi connectivity index (χ2v) is 7.03. The summed E-state index contributed by atoms with van der Waals surface area (Å²) in [6.07, 6.45) is 6.94. The van der Waals surface area contributed by atoms with E-state index in [0.29, 0.717) is 0 Å². The van der Waals surface area contributed by atoms with E-state index in [1.54, 1.807) is 0 Å². The van der Waals surface area contributed by atoms with E-state index in [-0.39, 0.29) is 0 Å². The molecule has 0 fully saturated rings. The highest BCUT2D eigenvalue weighted by molar-refractivity contribution is 9.09. The standard InChI is InChI=1S/C17H19BrN2S/c18-11-5-1-2-6-13-20-14-8-3-4-9-15(14)21-16-10-7-12-19-17(16)20/h3-4,7-10,12H,1-2,5-6,11,13H2. The molecule has 0 aliphatic carbocycles. The van der Waals surface area contributed by atoms with Crippen LogP contribution in [0.1, 0.15) is 25.7 Å². The van der Waals surface area contributed by atoms with Gasteiger partial charge in [-0.05, 0) is 37.1 Å². The lowest BCUT2D eigenvalue weighted by atomic mass is 10.2. The number of para-hydroxylation sites is 1. The van der Waals surface area contributed by atoms with Crippen molar-refractivity contribution in [2.75, 3.05) is 16.8 Å². The summed E-state index contributed by atoms with van der Waals surface area (Å²) < 4.78 is 0. The van der Waals surface area contributed by atoms with Crippen molar-refractivity contribution in [3.05, 3.63) is 42.6 Å². The highest BCUT2D eigenvalue weighted by atomic mass is 79.9. The molecule has 0 bridgehead atoms. The van der Waals surface area contributed by atoms with Crippen LogP contribution in [0.2, 0.25) is 0 Å². The molecule has 0 spiro atoms. The average molecular weight is 363 g/mol. The fourth-order valence-electron chi connectivity index (χ4n) is 2.61. The molecular weight excluding hydrogens is 344 g/mol. The Morgan fingerprint density at radius 1 is 0.952 bits per heavy atom. The van der Waals surface area contributed by atoms with E-state index in [4.69, 9.17) is 0 Å². The number of alkyl halides is 1. The molecule has 0 N–H and O–H groups in total.